The molecule has 0 atom stereocenters. The second kappa shape index (κ2) is 5.76. The lowest BCUT2D eigenvalue weighted by atomic mass is 10.2. The molecular formula is C15H14O. The van der Waals surface area contributed by atoms with Crippen LogP contribution in [0.1, 0.15) is 5.56 Å². The highest BCUT2D eigenvalue weighted by Crippen LogP contribution is 2.08. The molecule has 0 spiro atoms. The maximum Gasteiger partial charge on any atom is 0.119 e. The molecule has 0 amide bonds. The predicted octanol–water partition coefficient (Wildman–Crippen LogP) is 3.78. The molecular weight excluding hydrogens is 196 g/mol. The Labute approximate surface area is 96.0 Å². The van der Waals surface area contributed by atoms with Gasteiger partial charge in [-0.1, -0.05) is 54.6 Å². The van der Waals surface area contributed by atoms with Crippen molar-refractivity contribution in [2.24, 2.45) is 0 Å². The Hall–Kier alpha value is -2.02. The van der Waals surface area contributed by atoms with E-state index >= 15 is 0 Å². The molecule has 2 rings (SSSR count). The van der Waals surface area contributed by atoms with Crippen LogP contribution in [0.4, 0.5) is 0 Å². The zero-order valence-electron chi connectivity index (χ0n) is 9.04. The first-order valence-corrected chi connectivity index (χ1v) is 5.34. The number of ether oxygens (including phenoxy) is 1. The van der Waals surface area contributed by atoms with Crippen molar-refractivity contribution in [3.05, 3.63) is 72.3 Å². The molecule has 16 heavy (non-hydrogen) atoms. The van der Waals surface area contributed by atoms with Crippen molar-refractivity contribution in [3.8, 4) is 5.75 Å². The molecule has 0 saturated carbocycles. The molecule has 0 aliphatic carbocycles. The number of benzene rings is 2. The van der Waals surface area contributed by atoms with Crippen LogP contribution in [-0.2, 0) is 0 Å². The Kier molecular flexibility index (Phi) is 3.78. The summed E-state index contributed by atoms with van der Waals surface area (Å²) < 4.78 is 5.54. The molecule has 0 aromatic heterocycles. The summed E-state index contributed by atoms with van der Waals surface area (Å²) in [6.45, 7) is 0.596. The smallest absolute Gasteiger partial charge is 0.119 e. The second-order valence-electron chi connectivity index (χ2n) is 3.44. The van der Waals surface area contributed by atoms with E-state index in [1.807, 2.05) is 54.6 Å². The zero-order chi connectivity index (χ0) is 11.1. The van der Waals surface area contributed by atoms with Crippen LogP contribution in [0.2, 0.25) is 0 Å². The van der Waals surface area contributed by atoms with Gasteiger partial charge in [0.05, 0.1) is 0 Å². The van der Waals surface area contributed by atoms with Gasteiger partial charge in [-0.2, -0.15) is 0 Å². The molecule has 1 nitrogen and oxygen atoms in total. The normalized spacial score (nSPS) is 10.5. The van der Waals surface area contributed by atoms with Crippen LogP contribution in [0.5, 0.6) is 5.75 Å². The van der Waals surface area contributed by atoms with Gasteiger partial charge < -0.3 is 4.74 Å². The largest absolute Gasteiger partial charge is 0.490 e. The number of rotatable bonds is 4. The highest BCUT2D eigenvalue weighted by molar-refractivity contribution is 5.48. The van der Waals surface area contributed by atoms with Gasteiger partial charge in [-0.25, -0.2) is 0 Å². The molecule has 0 heterocycles. The zero-order valence-corrected chi connectivity index (χ0v) is 9.04. The van der Waals surface area contributed by atoms with Crippen molar-refractivity contribution < 1.29 is 4.74 Å². The van der Waals surface area contributed by atoms with E-state index < -0.39 is 0 Å². The fourth-order valence-electron chi connectivity index (χ4n) is 1.41. The third-order valence-electron chi connectivity index (χ3n) is 2.20. The number of para-hydroxylation sites is 1. The average Bonchev–Trinajstić information content (AvgIpc) is 2.37. The summed E-state index contributed by atoms with van der Waals surface area (Å²) in [5, 5.41) is 0. The van der Waals surface area contributed by atoms with E-state index in [1.54, 1.807) is 0 Å². The predicted molar refractivity (Wildman–Crippen MR) is 67.4 cm³/mol. The van der Waals surface area contributed by atoms with Crippen molar-refractivity contribution >= 4 is 6.08 Å². The van der Waals surface area contributed by atoms with Gasteiger partial charge in [-0.05, 0) is 23.8 Å². The fourth-order valence-corrected chi connectivity index (χ4v) is 1.41. The van der Waals surface area contributed by atoms with Gasteiger partial charge in [0.1, 0.15) is 12.4 Å². The van der Waals surface area contributed by atoms with Gasteiger partial charge >= 0.3 is 0 Å². The van der Waals surface area contributed by atoms with Crippen LogP contribution in [0.3, 0.4) is 0 Å². The molecule has 0 aliphatic rings. The third kappa shape index (κ3) is 3.28. The molecule has 0 radical (unpaired) electrons. The van der Waals surface area contributed by atoms with Gasteiger partial charge in [0.2, 0.25) is 0 Å². The first-order valence-electron chi connectivity index (χ1n) is 5.34. The van der Waals surface area contributed by atoms with Crippen LogP contribution < -0.4 is 4.74 Å². The number of hydrogen-bond acceptors (Lipinski definition) is 1. The Morgan fingerprint density at radius 2 is 1.44 bits per heavy atom. The van der Waals surface area contributed by atoms with Crippen LogP contribution in [0, 0.1) is 0 Å². The third-order valence-corrected chi connectivity index (χ3v) is 2.20. The lowest BCUT2D eigenvalue weighted by Gasteiger charge is -2.01. The molecule has 2 aromatic rings. The van der Waals surface area contributed by atoms with Crippen LogP contribution in [-0.4, -0.2) is 6.61 Å². The first-order chi connectivity index (χ1) is 7.95. The summed E-state index contributed by atoms with van der Waals surface area (Å²) in [5.41, 5.74) is 1.19. The van der Waals surface area contributed by atoms with Gasteiger partial charge in [0.15, 0.2) is 0 Å². The van der Waals surface area contributed by atoms with Crippen LogP contribution in [0.15, 0.2) is 66.7 Å². The topological polar surface area (TPSA) is 9.23 Å². The van der Waals surface area contributed by atoms with Gasteiger partial charge in [-0.3, -0.25) is 0 Å². The molecule has 0 aliphatic heterocycles. The summed E-state index contributed by atoms with van der Waals surface area (Å²) in [5.74, 6) is 0.903. The van der Waals surface area contributed by atoms with E-state index in [4.69, 9.17) is 4.74 Å². The minimum absolute atomic E-state index is 0.596. The minimum Gasteiger partial charge on any atom is -0.490 e. The summed E-state index contributed by atoms with van der Waals surface area (Å²) in [6, 6.07) is 20.0. The molecule has 1 heteroatoms. The van der Waals surface area contributed by atoms with Crippen molar-refractivity contribution in [1.29, 1.82) is 0 Å². The van der Waals surface area contributed by atoms with Gasteiger partial charge in [0.25, 0.3) is 0 Å². The maximum atomic E-state index is 5.54. The van der Waals surface area contributed by atoms with E-state index in [1.165, 1.54) is 5.56 Å². The Morgan fingerprint density at radius 3 is 2.12 bits per heavy atom. The van der Waals surface area contributed by atoms with E-state index in [9.17, 15) is 0 Å². The van der Waals surface area contributed by atoms with Crippen molar-refractivity contribution in [2.45, 2.75) is 0 Å². The second-order valence-corrected chi connectivity index (χ2v) is 3.44. The molecule has 0 N–H and O–H groups in total. The Bertz CT molecular complexity index is 432. The summed E-state index contributed by atoms with van der Waals surface area (Å²) in [6.07, 6.45) is 4.07. The quantitative estimate of drug-likeness (QED) is 0.746. The van der Waals surface area contributed by atoms with E-state index in [-0.39, 0.29) is 0 Å². The van der Waals surface area contributed by atoms with Crippen molar-refractivity contribution in [1.82, 2.24) is 0 Å². The lowest BCUT2D eigenvalue weighted by Crippen LogP contribution is -1.92. The summed E-state index contributed by atoms with van der Waals surface area (Å²) in [7, 11) is 0. The minimum atomic E-state index is 0.596. The van der Waals surface area contributed by atoms with Gasteiger partial charge in [0, 0.05) is 0 Å². The first kappa shape index (κ1) is 10.5. The highest BCUT2D eigenvalue weighted by atomic mass is 16.5. The van der Waals surface area contributed by atoms with Crippen molar-refractivity contribution in [2.75, 3.05) is 6.61 Å². The van der Waals surface area contributed by atoms with E-state index in [0.29, 0.717) is 6.61 Å². The molecule has 2 aromatic carbocycles. The molecule has 0 saturated heterocycles. The maximum absolute atomic E-state index is 5.54. The van der Waals surface area contributed by atoms with Gasteiger partial charge in [-0.15, -0.1) is 0 Å². The van der Waals surface area contributed by atoms with Crippen LogP contribution >= 0.6 is 0 Å². The molecule has 0 fully saturated rings. The molecule has 0 bridgehead atoms. The van der Waals surface area contributed by atoms with Crippen LogP contribution in [0.25, 0.3) is 6.08 Å². The van der Waals surface area contributed by atoms with E-state index in [0.717, 1.165) is 5.75 Å². The lowest BCUT2D eigenvalue weighted by molar-refractivity contribution is 0.363. The summed E-state index contributed by atoms with van der Waals surface area (Å²) >= 11 is 0. The monoisotopic (exact) mass is 210 g/mol. The SMILES string of the molecule is C(=Cc1ccccc1)COc1ccccc1. The average molecular weight is 210 g/mol. The number of hydrogen-bond donors (Lipinski definition) is 0. The van der Waals surface area contributed by atoms with Crippen molar-refractivity contribution in [3.63, 3.8) is 0 Å². The Morgan fingerprint density at radius 1 is 0.812 bits per heavy atom. The van der Waals surface area contributed by atoms with E-state index in [2.05, 4.69) is 18.2 Å². The molecule has 0 unspecified atom stereocenters. The fraction of sp³-hybridized carbons (Fsp3) is 0.0667. The highest BCUT2D eigenvalue weighted by Gasteiger charge is 1.87. The Balaban J connectivity index is 1.83. The molecule has 80 valence electrons. The standard InChI is InChI=1S/C15H14O/c1-3-8-14(9-4-1)10-7-13-16-15-11-5-2-6-12-15/h1-12H,13H2. The summed E-state index contributed by atoms with van der Waals surface area (Å²) in [4.78, 5) is 0.